The van der Waals surface area contributed by atoms with E-state index in [1.807, 2.05) is 20.8 Å². The standard InChI is InChI=1S/C13H26N2O3/c1-9(2)11(14)12(16)15-8-10(3)7-13(4)17-5-6-18-13/h9-11H,5-8,14H2,1-4H3,(H,15,16)/t10?,11-/m0/s1. The summed E-state index contributed by atoms with van der Waals surface area (Å²) in [5, 5.41) is 2.88. The summed E-state index contributed by atoms with van der Waals surface area (Å²) in [6, 6.07) is -0.438. The molecule has 3 N–H and O–H groups in total. The maximum atomic E-state index is 11.7. The van der Waals surface area contributed by atoms with Gasteiger partial charge in [0.25, 0.3) is 0 Å². The molecule has 2 atom stereocenters. The summed E-state index contributed by atoms with van der Waals surface area (Å²) in [6.45, 7) is 9.78. The van der Waals surface area contributed by atoms with E-state index < -0.39 is 11.8 Å². The van der Waals surface area contributed by atoms with Crippen molar-refractivity contribution >= 4 is 5.91 Å². The Kier molecular flexibility index (Phi) is 5.56. The van der Waals surface area contributed by atoms with Gasteiger partial charge in [0, 0.05) is 13.0 Å². The fourth-order valence-corrected chi connectivity index (χ4v) is 2.08. The highest BCUT2D eigenvalue weighted by atomic mass is 16.7. The molecule has 18 heavy (non-hydrogen) atoms. The first-order chi connectivity index (χ1) is 8.34. The largest absolute Gasteiger partial charge is 0.354 e. The molecule has 1 aliphatic rings. The number of carbonyl (C=O) groups is 1. The number of hydrogen-bond donors (Lipinski definition) is 2. The molecular formula is C13H26N2O3. The average molecular weight is 258 g/mol. The van der Waals surface area contributed by atoms with E-state index in [0.717, 1.165) is 6.42 Å². The quantitative estimate of drug-likeness (QED) is 0.741. The number of rotatable bonds is 6. The van der Waals surface area contributed by atoms with E-state index in [2.05, 4.69) is 12.2 Å². The molecular weight excluding hydrogens is 232 g/mol. The number of amides is 1. The van der Waals surface area contributed by atoms with Crippen molar-refractivity contribution in [1.29, 1.82) is 0 Å². The second-order valence-electron chi connectivity index (χ2n) is 5.65. The van der Waals surface area contributed by atoms with Crippen molar-refractivity contribution in [2.24, 2.45) is 17.6 Å². The average Bonchev–Trinajstić information content (AvgIpc) is 2.71. The highest BCUT2D eigenvalue weighted by Gasteiger charge is 2.32. The van der Waals surface area contributed by atoms with E-state index in [-0.39, 0.29) is 17.7 Å². The smallest absolute Gasteiger partial charge is 0.237 e. The lowest BCUT2D eigenvalue weighted by Crippen LogP contribution is -2.45. The summed E-state index contributed by atoms with van der Waals surface area (Å²) in [6.07, 6.45) is 0.768. The lowest BCUT2D eigenvalue weighted by molar-refractivity contribution is -0.154. The molecule has 5 nitrogen and oxygen atoms in total. The summed E-state index contributed by atoms with van der Waals surface area (Å²) in [4.78, 5) is 11.7. The molecule has 0 spiro atoms. The minimum atomic E-state index is -0.496. The Morgan fingerprint density at radius 1 is 1.33 bits per heavy atom. The SMILES string of the molecule is CC(CNC(=O)[C@@H](N)C(C)C)CC1(C)OCCO1. The summed E-state index contributed by atoms with van der Waals surface area (Å²) >= 11 is 0. The van der Waals surface area contributed by atoms with E-state index >= 15 is 0 Å². The maximum Gasteiger partial charge on any atom is 0.237 e. The second-order valence-corrected chi connectivity index (χ2v) is 5.65. The first-order valence-electron chi connectivity index (χ1n) is 6.65. The van der Waals surface area contributed by atoms with Gasteiger partial charge in [-0.25, -0.2) is 0 Å². The Hall–Kier alpha value is -0.650. The van der Waals surface area contributed by atoms with Crippen molar-refractivity contribution in [2.45, 2.75) is 45.9 Å². The fourth-order valence-electron chi connectivity index (χ4n) is 2.08. The Labute approximate surface area is 109 Å². The van der Waals surface area contributed by atoms with Crippen LogP contribution in [0.25, 0.3) is 0 Å². The highest BCUT2D eigenvalue weighted by Crippen LogP contribution is 2.26. The Balaban J connectivity index is 2.28. The molecule has 0 bridgehead atoms. The topological polar surface area (TPSA) is 73.6 Å². The first-order valence-corrected chi connectivity index (χ1v) is 6.65. The zero-order chi connectivity index (χ0) is 13.8. The van der Waals surface area contributed by atoms with Gasteiger partial charge in [-0.15, -0.1) is 0 Å². The Morgan fingerprint density at radius 2 is 1.89 bits per heavy atom. The summed E-state index contributed by atoms with van der Waals surface area (Å²) < 4.78 is 11.1. The number of nitrogens with two attached hydrogens (primary N) is 1. The minimum Gasteiger partial charge on any atom is -0.354 e. The monoisotopic (exact) mass is 258 g/mol. The van der Waals surface area contributed by atoms with Crippen LogP contribution in [0.2, 0.25) is 0 Å². The van der Waals surface area contributed by atoms with Crippen LogP contribution in [0.5, 0.6) is 0 Å². The number of carbonyl (C=O) groups excluding carboxylic acids is 1. The van der Waals surface area contributed by atoms with Gasteiger partial charge in [0.1, 0.15) is 0 Å². The second kappa shape index (κ2) is 6.50. The van der Waals surface area contributed by atoms with Crippen LogP contribution in [-0.2, 0) is 14.3 Å². The van der Waals surface area contributed by atoms with Crippen LogP contribution in [0.15, 0.2) is 0 Å². The molecule has 5 heteroatoms. The van der Waals surface area contributed by atoms with E-state index in [0.29, 0.717) is 19.8 Å². The molecule has 1 unspecified atom stereocenters. The number of nitrogens with one attached hydrogen (secondary N) is 1. The van der Waals surface area contributed by atoms with E-state index in [1.54, 1.807) is 0 Å². The summed E-state index contributed by atoms with van der Waals surface area (Å²) in [5.41, 5.74) is 5.77. The predicted octanol–water partition coefficient (Wildman–Crippen LogP) is 0.875. The molecule has 0 aromatic rings. The normalized spacial score (nSPS) is 21.9. The van der Waals surface area contributed by atoms with E-state index in [4.69, 9.17) is 15.2 Å². The molecule has 0 radical (unpaired) electrons. The molecule has 0 saturated carbocycles. The lowest BCUT2D eigenvalue weighted by atomic mass is 10.0. The van der Waals surface area contributed by atoms with Crippen molar-refractivity contribution in [3.05, 3.63) is 0 Å². The predicted molar refractivity (Wildman–Crippen MR) is 69.9 cm³/mol. The molecule has 1 fully saturated rings. The zero-order valence-corrected chi connectivity index (χ0v) is 11.9. The third-order valence-corrected chi connectivity index (χ3v) is 3.26. The molecule has 0 aromatic carbocycles. The van der Waals surface area contributed by atoms with Gasteiger partial charge in [0.2, 0.25) is 5.91 Å². The Bertz CT molecular complexity index is 275. The van der Waals surface area contributed by atoms with Crippen LogP contribution in [-0.4, -0.2) is 37.5 Å². The van der Waals surface area contributed by atoms with Gasteiger partial charge < -0.3 is 20.5 Å². The van der Waals surface area contributed by atoms with Crippen molar-refractivity contribution < 1.29 is 14.3 Å². The van der Waals surface area contributed by atoms with Crippen LogP contribution in [0.3, 0.4) is 0 Å². The summed E-state index contributed by atoms with van der Waals surface area (Å²) in [7, 11) is 0. The third kappa shape index (κ3) is 4.55. The van der Waals surface area contributed by atoms with Crippen molar-refractivity contribution in [3.63, 3.8) is 0 Å². The van der Waals surface area contributed by atoms with Gasteiger partial charge in [-0.3, -0.25) is 4.79 Å². The van der Waals surface area contributed by atoms with E-state index in [1.165, 1.54) is 0 Å². The molecule has 106 valence electrons. The van der Waals surface area contributed by atoms with Crippen LogP contribution < -0.4 is 11.1 Å². The van der Waals surface area contributed by atoms with Crippen molar-refractivity contribution in [2.75, 3.05) is 19.8 Å². The lowest BCUT2D eigenvalue weighted by Gasteiger charge is -2.26. The molecule has 1 rings (SSSR count). The fraction of sp³-hybridized carbons (Fsp3) is 0.923. The molecule has 1 amide bonds. The van der Waals surface area contributed by atoms with Crippen molar-refractivity contribution in [3.8, 4) is 0 Å². The summed E-state index contributed by atoms with van der Waals surface area (Å²) in [5.74, 6) is -0.143. The van der Waals surface area contributed by atoms with Gasteiger partial charge in [0.05, 0.1) is 19.3 Å². The highest BCUT2D eigenvalue weighted by molar-refractivity contribution is 5.81. The van der Waals surface area contributed by atoms with Gasteiger partial charge >= 0.3 is 0 Å². The molecule has 0 aliphatic carbocycles. The zero-order valence-electron chi connectivity index (χ0n) is 11.9. The third-order valence-electron chi connectivity index (χ3n) is 3.26. The van der Waals surface area contributed by atoms with Crippen LogP contribution in [0.1, 0.15) is 34.1 Å². The number of hydrogen-bond acceptors (Lipinski definition) is 4. The first kappa shape index (κ1) is 15.4. The Morgan fingerprint density at radius 3 is 2.39 bits per heavy atom. The van der Waals surface area contributed by atoms with E-state index in [9.17, 15) is 4.79 Å². The molecule has 1 aliphatic heterocycles. The van der Waals surface area contributed by atoms with Gasteiger partial charge in [-0.05, 0) is 18.8 Å². The van der Waals surface area contributed by atoms with Gasteiger partial charge in [-0.2, -0.15) is 0 Å². The minimum absolute atomic E-state index is 0.0877. The maximum absolute atomic E-state index is 11.7. The molecule has 1 heterocycles. The van der Waals surface area contributed by atoms with Crippen LogP contribution >= 0.6 is 0 Å². The molecule has 0 aromatic heterocycles. The molecule has 1 saturated heterocycles. The van der Waals surface area contributed by atoms with Gasteiger partial charge in [0.15, 0.2) is 5.79 Å². The van der Waals surface area contributed by atoms with Gasteiger partial charge in [-0.1, -0.05) is 20.8 Å². The number of ether oxygens (including phenoxy) is 2. The van der Waals surface area contributed by atoms with Crippen LogP contribution in [0.4, 0.5) is 0 Å². The van der Waals surface area contributed by atoms with Crippen molar-refractivity contribution in [1.82, 2.24) is 5.32 Å². The van der Waals surface area contributed by atoms with Crippen LogP contribution in [0, 0.1) is 11.8 Å².